The number of fused-ring (bicyclic) bond motifs is 1. The van der Waals surface area contributed by atoms with Crippen molar-refractivity contribution in [1.29, 1.82) is 0 Å². The van der Waals surface area contributed by atoms with Crippen LogP contribution in [0.4, 0.5) is 5.82 Å². The van der Waals surface area contributed by atoms with Gasteiger partial charge in [-0.25, -0.2) is 9.67 Å². The molecule has 152 valence electrons. The minimum Gasteiger partial charge on any atom is -0.480 e. The number of carboxylic acid groups (broad SMARTS) is 1. The Balaban J connectivity index is 1.76. The zero-order chi connectivity index (χ0) is 20.9. The number of anilines is 1. The van der Waals surface area contributed by atoms with Crippen LogP contribution in [0.15, 0.2) is 18.3 Å². The summed E-state index contributed by atoms with van der Waals surface area (Å²) in [7, 11) is 0. The number of nitrogens with zero attached hydrogens (tertiary/aromatic N) is 5. The van der Waals surface area contributed by atoms with Crippen LogP contribution < -0.4 is 5.32 Å². The highest BCUT2D eigenvalue weighted by molar-refractivity contribution is 6.12. The van der Waals surface area contributed by atoms with E-state index in [1.54, 1.807) is 6.07 Å². The number of carboxylic acids is 1. The highest BCUT2D eigenvalue weighted by atomic mass is 16.4. The van der Waals surface area contributed by atoms with Gasteiger partial charge in [-0.2, -0.15) is 10.2 Å². The summed E-state index contributed by atoms with van der Waals surface area (Å²) in [5, 5.41) is 21.1. The number of pyridine rings is 1. The molecule has 1 amide bonds. The standard InChI is InChI=1S/C20H24N6O3/c1-11-17-13(19(29)22-15-7-8-25(24-15)10-16(27)28)9-14(12-5-6-12)21-18(17)26(23-11)20(2,3)4/h7-9,12H,5-6,10H2,1-4H3,(H,27,28)(H,22,24,29). The number of aliphatic carboxylic acids is 1. The number of nitrogens with one attached hydrogen (secondary N) is 1. The van der Waals surface area contributed by atoms with Gasteiger partial charge in [-0.15, -0.1) is 0 Å². The molecule has 3 heterocycles. The van der Waals surface area contributed by atoms with E-state index < -0.39 is 5.97 Å². The van der Waals surface area contributed by atoms with Gasteiger partial charge < -0.3 is 10.4 Å². The molecule has 2 N–H and O–H groups in total. The summed E-state index contributed by atoms with van der Waals surface area (Å²) in [4.78, 5) is 28.8. The van der Waals surface area contributed by atoms with Crippen LogP contribution >= 0.6 is 0 Å². The van der Waals surface area contributed by atoms with Crippen molar-refractivity contribution in [2.45, 2.75) is 58.5 Å². The lowest BCUT2D eigenvalue weighted by atomic mass is 10.1. The van der Waals surface area contributed by atoms with Gasteiger partial charge in [-0.1, -0.05) is 0 Å². The van der Waals surface area contributed by atoms with Crippen LogP contribution in [0.2, 0.25) is 0 Å². The largest absolute Gasteiger partial charge is 0.480 e. The maximum Gasteiger partial charge on any atom is 0.325 e. The monoisotopic (exact) mass is 396 g/mol. The average Bonchev–Trinajstić information content (AvgIpc) is 3.30. The molecule has 9 heteroatoms. The quantitative estimate of drug-likeness (QED) is 0.685. The normalized spacial score (nSPS) is 14.3. The fourth-order valence-corrected chi connectivity index (χ4v) is 3.38. The van der Waals surface area contributed by atoms with Crippen molar-refractivity contribution in [2.75, 3.05) is 5.32 Å². The highest BCUT2D eigenvalue weighted by Crippen LogP contribution is 2.41. The molecule has 0 unspecified atom stereocenters. The first-order valence-corrected chi connectivity index (χ1v) is 9.61. The molecule has 1 saturated carbocycles. The lowest BCUT2D eigenvalue weighted by Gasteiger charge is -2.20. The highest BCUT2D eigenvalue weighted by Gasteiger charge is 2.30. The summed E-state index contributed by atoms with van der Waals surface area (Å²) >= 11 is 0. The number of aromatic nitrogens is 5. The van der Waals surface area contributed by atoms with Gasteiger partial charge in [0, 0.05) is 23.9 Å². The summed E-state index contributed by atoms with van der Waals surface area (Å²) in [6.07, 6.45) is 3.66. The summed E-state index contributed by atoms with van der Waals surface area (Å²) in [6.45, 7) is 7.78. The van der Waals surface area contributed by atoms with Crippen LogP contribution in [-0.2, 0) is 16.9 Å². The molecule has 29 heavy (non-hydrogen) atoms. The van der Waals surface area contributed by atoms with Crippen molar-refractivity contribution >= 4 is 28.7 Å². The molecular formula is C20H24N6O3. The van der Waals surface area contributed by atoms with Crippen molar-refractivity contribution in [3.8, 4) is 0 Å². The van der Waals surface area contributed by atoms with Crippen molar-refractivity contribution in [3.05, 3.63) is 35.3 Å². The van der Waals surface area contributed by atoms with E-state index in [-0.39, 0.29) is 18.0 Å². The zero-order valence-electron chi connectivity index (χ0n) is 16.9. The number of hydrogen-bond acceptors (Lipinski definition) is 5. The number of hydrogen-bond donors (Lipinski definition) is 2. The Morgan fingerprint density at radius 2 is 2.00 bits per heavy atom. The molecule has 0 saturated heterocycles. The Morgan fingerprint density at radius 1 is 1.28 bits per heavy atom. The van der Waals surface area contributed by atoms with Crippen molar-refractivity contribution in [3.63, 3.8) is 0 Å². The molecule has 1 aliphatic carbocycles. The molecule has 9 nitrogen and oxygen atoms in total. The Hall–Kier alpha value is -3.23. The predicted molar refractivity (Wildman–Crippen MR) is 107 cm³/mol. The van der Waals surface area contributed by atoms with Crippen LogP contribution in [0.25, 0.3) is 11.0 Å². The number of rotatable bonds is 5. The van der Waals surface area contributed by atoms with E-state index in [1.807, 2.05) is 17.7 Å². The molecule has 0 aliphatic heterocycles. The second-order valence-electron chi connectivity index (χ2n) is 8.48. The molecule has 0 bridgehead atoms. The molecule has 0 spiro atoms. The van der Waals surface area contributed by atoms with Gasteiger partial charge in [-0.3, -0.25) is 14.3 Å². The number of carbonyl (C=O) groups excluding carboxylic acids is 1. The molecule has 0 aromatic carbocycles. The Kier molecular flexibility index (Phi) is 4.40. The maximum absolute atomic E-state index is 13.1. The van der Waals surface area contributed by atoms with E-state index in [0.717, 1.165) is 29.6 Å². The van der Waals surface area contributed by atoms with Crippen LogP contribution in [0.3, 0.4) is 0 Å². The summed E-state index contributed by atoms with van der Waals surface area (Å²) in [6, 6.07) is 3.43. The first kappa shape index (κ1) is 19.1. The van der Waals surface area contributed by atoms with Crippen molar-refractivity contribution in [2.24, 2.45) is 0 Å². The van der Waals surface area contributed by atoms with Gasteiger partial charge in [0.25, 0.3) is 5.91 Å². The maximum atomic E-state index is 13.1. The van der Waals surface area contributed by atoms with E-state index in [4.69, 9.17) is 10.1 Å². The third kappa shape index (κ3) is 3.72. The first-order chi connectivity index (χ1) is 13.6. The van der Waals surface area contributed by atoms with Gasteiger partial charge >= 0.3 is 5.97 Å². The van der Waals surface area contributed by atoms with Crippen molar-refractivity contribution in [1.82, 2.24) is 24.5 Å². The number of aryl methyl sites for hydroxylation is 1. The molecule has 3 aromatic rings. The molecule has 0 radical (unpaired) electrons. The smallest absolute Gasteiger partial charge is 0.325 e. The van der Waals surface area contributed by atoms with Crippen LogP contribution in [-0.4, -0.2) is 41.5 Å². The second kappa shape index (κ2) is 6.68. The third-order valence-electron chi connectivity index (χ3n) is 4.89. The minimum atomic E-state index is -0.999. The van der Waals surface area contributed by atoms with E-state index in [0.29, 0.717) is 22.9 Å². The second-order valence-corrected chi connectivity index (χ2v) is 8.48. The summed E-state index contributed by atoms with van der Waals surface area (Å²) < 4.78 is 3.14. The molecule has 1 fully saturated rings. The molecule has 3 aromatic heterocycles. The number of amides is 1. The van der Waals surface area contributed by atoms with Gasteiger partial charge in [0.15, 0.2) is 11.5 Å². The molecular weight excluding hydrogens is 372 g/mol. The fraction of sp³-hybridized carbons (Fsp3) is 0.450. The van der Waals surface area contributed by atoms with Gasteiger partial charge in [0.05, 0.1) is 22.2 Å². The lowest BCUT2D eigenvalue weighted by Crippen LogP contribution is -2.24. The first-order valence-electron chi connectivity index (χ1n) is 9.61. The minimum absolute atomic E-state index is 0.265. The van der Waals surface area contributed by atoms with Crippen LogP contribution in [0.1, 0.15) is 61.3 Å². The summed E-state index contributed by atoms with van der Waals surface area (Å²) in [5.41, 5.74) is 2.60. The van der Waals surface area contributed by atoms with Gasteiger partial charge in [0.1, 0.15) is 6.54 Å². The van der Waals surface area contributed by atoms with Crippen LogP contribution in [0.5, 0.6) is 0 Å². The van der Waals surface area contributed by atoms with E-state index in [2.05, 4.69) is 36.3 Å². The van der Waals surface area contributed by atoms with Crippen LogP contribution in [0, 0.1) is 6.92 Å². The predicted octanol–water partition coefficient (Wildman–Crippen LogP) is 2.91. The average molecular weight is 396 g/mol. The fourth-order valence-electron chi connectivity index (χ4n) is 3.38. The van der Waals surface area contributed by atoms with E-state index in [9.17, 15) is 9.59 Å². The summed E-state index contributed by atoms with van der Waals surface area (Å²) in [5.74, 6) is -0.628. The zero-order valence-corrected chi connectivity index (χ0v) is 16.9. The molecule has 0 atom stereocenters. The molecule has 4 rings (SSSR count). The molecule has 1 aliphatic rings. The number of carbonyl (C=O) groups is 2. The van der Waals surface area contributed by atoms with E-state index >= 15 is 0 Å². The third-order valence-corrected chi connectivity index (χ3v) is 4.89. The Labute approximate surface area is 167 Å². The lowest BCUT2D eigenvalue weighted by molar-refractivity contribution is -0.137. The van der Waals surface area contributed by atoms with E-state index in [1.165, 1.54) is 10.9 Å². The Morgan fingerprint density at radius 3 is 2.62 bits per heavy atom. The van der Waals surface area contributed by atoms with Crippen molar-refractivity contribution < 1.29 is 14.7 Å². The van der Waals surface area contributed by atoms with Gasteiger partial charge in [-0.05, 0) is 46.6 Å². The SMILES string of the molecule is Cc1nn(C(C)(C)C)c2nc(C3CC3)cc(C(=O)Nc3ccn(CC(=O)O)n3)c12. The topological polar surface area (TPSA) is 115 Å². The van der Waals surface area contributed by atoms with Gasteiger partial charge in [0.2, 0.25) is 0 Å². The Bertz CT molecular complexity index is 1120.